The molecule has 1 aliphatic rings. The molecule has 0 bridgehead atoms. The molecule has 17 heteroatoms. The van der Waals surface area contributed by atoms with Crippen molar-refractivity contribution in [3.63, 3.8) is 0 Å². The van der Waals surface area contributed by atoms with Gasteiger partial charge in [-0.05, 0) is 140 Å². The predicted molar refractivity (Wildman–Crippen MR) is 292 cm³/mol. The summed E-state index contributed by atoms with van der Waals surface area (Å²) < 4.78 is 46.7. The Hall–Kier alpha value is -7.57. The molecule has 0 aliphatic carbocycles. The van der Waals surface area contributed by atoms with Crippen molar-refractivity contribution in [3.05, 3.63) is 155 Å². The van der Waals surface area contributed by atoms with Crippen LogP contribution in [-0.2, 0) is 25.5 Å². The summed E-state index contributed by atoms with van der Waals surface area (Å²) in [7, 11) is -4.87. The van der Waals surface area contributed by atoms with E-state index in [1.807, 2.05) is 18.2 Å². The third-order valence-electron chi connectivity index (χ3n) is 13.7. The van der Waals surface area contributed by atoms with Gasteiger partial charge in [0, 0.05) is 46.7 Å². The standard InChI is InChI=1S/C57H62N6O9SSi/c1-35-28-44(31-46-51(35)60-32-47(55(58)66)52(46)61-41-14-11-15-42(30-41)70-5)73(68,69)43-16-10-13-39(29-43)56(67)62-40-23-21-38(22-24-40)37-19-17-36(18-20-37)12-8-9-27-59-33-49(72-74(6,7)57(2,3)4)45-25-26-48(64)53-54(45)71-34-50(65)63-53/h10-11,13-26,28-32,49,59,64H,8-9,12,27,33-34H2,1-7H3,(H2,58,66)(H,60,61)(H,62,67)(H,63,65)/t49-/m0/s1. The molecule has 15 nitrogen and oxygen atoms in total. The Bertz CT molecular complexity index is 3360. The summed E-state index contributed by atoms with van der Waals surface area (Å²) in [5, 5.41) is 23.3. The average molecular weight is 1040 g/mol. The van der Waals surface area contributed by atoms with Gasteiger partial charge in [-0.3, -0.25) is 19.4 Å². The number of hydrogen-bond donors (Lipinski definition) is 6. The van der Waals surface area contributed by atoms with Crippen LogP contribution >= 0.6 is 0 Å². The van der Waals surface area contributed by atoms with E-state index in [1.165, 1.54) is 49.2 Å². The number of methoxy groups -OCH3 is 1. The normalized spacial score (nSPS) is 13.1. The number of phenolic OH excluding ortho intramolecular Hbond substituents is 1. The molecule has 7 aromatic rings. The van der Waals surface area contributed by atoms with Crippen molar-refractivity contribution < 1.29 is 41.8 Å². The van der Waals surface area contributed by atoms with Gasteiger partial charge in [0.15, 0.2) is 20.7 Å². The number of anilines is 4. The zero-order valence-corrected chi connectivity index (χ0v) is 44.4. The van der Waals surface area contributed by atoms with Crippen LogP contribution in [0.1, 0.15) is 77.1 Å². The quantitative estimate of drug-likeness (QED) is 0.0253. The molecule has 384 valence electrons. The predicted octanol–water partition coefficient (Wildman–Crippen LogP) is 10.9. The minimum absolute atomic E-state index is 0.0336. The topological polar surface area (TPSA) is 220 Å². The summed E-state index contributed by atoms with van der Waals surface area (Å²) in [6, 6.07) is 35.2. The van der Waals surface area contributed by atoms with Crippen LogP contribution in [0.4, 0.5) is 22.7 Å². The average Bonchev–Trinajstić information content (AvgIpc) is 3.37. The number of ether oxygens (including phenoxy) is 2. The largest absolute Gasteiger partial charge is 0.506 e. The van der Waals surface area contributed by atoms with Crippen molar-refractivity contribution in [1.82, 2.24) is 10.3 Å². The number of aryl methyl sites for hydroxylation is 2. The van der Waals surface area contributed by atoms with E-state index in [4.69, 9.17) is 19.6 Å². The Kier molecular flexibility index (Phi) is 15.6. The molecule has 6 aromatic carbocycles. The van der Waals surface area contributed by atoms with Crippen LogP contribution in [0.15, 0.2) is 137 Å². The summed E-state index contributed by atoms with van der Waals surface area (Å²) in [5.41, 5.74) is 12.7. The number of nitrogens with zero attached hydrogens (tertiary/aromatic N) is 1. The highest BCUT2D eigenvalue weighted by Gasteiger charge is 2.40. The number of carbonyl (C=O) groups is 3. The molecule has 0 radical (unpaired) electrons. The fourth-order valence-electron chi connectivity index (χ4n) is 8.51. The maximum Gasteiger partial charge on any atom is 0.262 e. The summed E-state index contributed by atoms with van der Waals surface area (Å²) in [5.74, 6) is -0.567. The summed E-state index contributed by atoms with van der Waals surface area (Å²) in [6.45, 7) is 13.9. The summed E-state index contributed by atoms with van der Waals surface area (Å²) in [4.78, 5) is 42.6. The molecule has 8 rings (SSSR count). The third kappa shape index (κ3) is 11.8. The number of hydrogen-bond acceptors (Lipinski definition) is 12. The molecule has 1 aromatic heterocycles. The molecular formula is C57H62N6O9SSi. The number of unbranched alkanes of at least 4 members (excludes halogenated alkanes) is 1. The van der Waals surface area contributed by atoms with Crippen molar-refractivity contribution in [2.24, 2.45) is 5.73 Å². The van der Waals surface area contributed by atoms with Gasteiger partial charge in [-0.15, -0.1) is 0 Å². The third-order valence-corrected chi connectivity index (χ3v) is 19.9. The smallest absolute Gasteiger partial charge is 0.262 e. The van der Waals surface area contributed by atoms with Crippen LogP contribution in [0, 0.1) is 6.92 Å². The molecular weight excluding hydrogens is 973 g/mol. The second-order valence-corrected chi connectivity index (χ2v) is 26.6. The molecule has 0 spiro atoms. The van der Waals surface area contributed by atoms with E-state index in [0.717, 1.165) is 42.5 Å². The molecule has 74 heavy (non-hydrogen) atoms. The number of sulfone groups is 1. The molecule has 7 N–H and O–H groups in total. The number of phenols is 1. The van der Waals surface area contributed by atoms with E-state index in [1.54, 1.807) is 55.5 Å². The molecule has 1 aliphatic heterocycles. The van der Waals surface area contributed by atoms with E-state index >= 15 is 0 Å². The highest BCUT2D eigenvalue weighted by atomic mass is 32.2. The number of fused-ring (bicyclic) bond motifs is 2. The molecule has 0 saturated heterocycles. The Balaban J connectivity index is 0.873. The Labute approximate surface area is 432 Å². The fourth-order valence-corrected chi connectivity index (χ4v) is 11.2. The van der Waals surface area contributed by atoms with Crippen molar-refractivity contribution in [2.75, 3.05) is 42.8 Å². The number of nitrogens with two attached hydrogens (primary N) is 1. The molecule has 1 atom stereocenters. The van der Waals surface area contributed by atoms with Crippen LogP contribution in [0.3, 0.4) is 0 Å². The number of primary amides is 1. The number of aromatic nitrogens is 1. The highest BCUT2D eigenvalue weighted by Crippen LogP contribution is 2.46. The lowest BCUT2D eigenvalue weighted by atomic mass is 10.0. The monoisotopic (exact) mass is 1030 g/mol. The number of benzene rings is 6. The van der Waals surface area contributed by atoms with Gasteiger partial charge in [0.05, 0.1) is 39.8 Å². The number of rotatable bonds is 19. The van der Waals surface area contributed by atoms with Crippen LogP contribution < -0.4 is 36.5 Å². The van der Waals surface area contributed by atoms with Gasteiger partial charge in [-0.1, -0.05) is 69.3 Å². The second kappa shape index (κ2) is 21.9. The first-order chi connectivity index (χ1) is 35.2. The Morgan fingerprint density at radius 1 is 0.892 bits per heavy atom. The summed E-state index contributed by atoms with van der Waals surface area (Å²) >= 11 is 0. The Morgan fingerprint density at radius 3 is 2.31 bits per heavy atom. The Morgan fingerprint density at radius 2 is 1.61 bits per heavy atom. The number of amides is 3. The minimum Gasteiger partial charge on any atom is -0.506 e. The first-order valence-corrected chi connectivity index (χ1v) is 28.8. The van der Waals surface area contributed by atoms with E-state index in [2.05, 4.69) is 84.4 Å². The number of carbonyl (C=O) groups excluding carboxylic acids is 3. The van der Waals surface area contributed by atoms with Crippen molar-refractivity contribution in [1.29, 1.82) is 0 Å². The lowest BCUT2D eigenvalue weighted by Gasteiger charge is -2.40. The van der Waals surface area contributed by atoms with Crippen LogP contribution in [0.25, 0.3) is 22.0 Å². The van der Waals surface area contributed by atoms with Crippen molar-refractivity contribution >= 4 is 69.5 Å². The minimum atomic E-state index is -4.19. The summed E-state index contributed by atoms with van der Waals surface area (Å²) in [6.07, 6.45) is 3.83. The zero-order valence-electron chi connectivity index (χ0n) is 42.6. The van der Waals surface area contributed by atoms with Crippen molar-refractivity contribution in [2.45, 2.75) is 81.0 Å². The fraction of sp³-hybridized carbons (Fsp3) is 0.263. The van der Waals surface area contributed by atoms with Gasteiger partial charge in [-0.2, -0.15) is 0 Å². The first-order valence-electron chi connectivity index (χ1n) is 24.4. The highest BCUT2D eigenvalue weighted by molar-refractivity contribution is 7.91. The van der Waals surface area contributed by atoms with E-state index in [-0.39, 0.29) is 56.0 Å². The van der Waals surface area contributed by atoms with Gasteiger partial charge in [0.2, 0.25) is 9.84 Å². The maximum absolute atomic E-state index is 14.3. The van der Waals surface area contributed by atoms with Crippen LogP contribution in [-0.4, -0.2) is 71.4 Å². The molecule has 0 saturated carbocycles. The van der Waals surface area contributed by atoms with Crippen molar-refractivity contribution in [3.8, 4) is 28.4 Å². The molecule has 0 fully saturated rings. The van der Waals surface area contributed by atoms with Gasteiger partial charge in [0.25, 0.3) is 17.7 Å². The van der Waals surface area contributed by atoms with Crippen LogP contribution in [0.2, 0.25) is 18.1 Å². The lowest BCUT2D eigenvalue weighted by molar-refractivity contribution is -0.118. The van der Waals surface area contributed by atoms with Gasteiger partial charge in [0.1, 0.15) is 17.2 Å². The SMILES string of the molecule is COc1cccc(Nc2c(C(N)=O)cnc3c(C)cc(S(=O)(=O)c4cccc(C(=O)Nc5ccc(-c6ccc(CCCCNC[C@H](O[Si](C)(C)C(C)(C)C)c7ccc(O)c8c7OCC(=O)N8)cc6)cc5)c4)cc23)c1. The number of aromatic hydroxyl groups is 1. The van der Waals surface area contributed by atoms with Crippen LogP contribution in [0.5, 0.6) is 17.2 Å². The number of pyridine rings is 1. The first kappa shape index (κ1) is 52.7. The second-order valence-electron chi connectivity index (χ2n) is 19.9. The van der Waals surface area contributed by atoms with E-state index in [9.17, 15) is 27.9 Å². The van der Waals surface area contributed by atoms with Gasteiger partial charge < -0.3 is 46.0 Å². The lowest BCUT2D eigenvalue weighted by Crippen LogP contribution is -2.43. The van der Waals surface area contributed by atoms with E-state index in [0.29, 0.717) is 51.6 Å². The maximum atomic E-state index is 14.3. The zero-order chi connectivity index (χ0) is 53.0. The van der Waals surface area contributed by atoms with Gasteiger partial charge in [-0.25, -0.2) is 8.42 Å². The molecule has 2 heterocycles. The van der Waals surface area contributed by atoms with E-state index < -0.39 is 30.0 Å². The molecule has 0 unspecified atom stereocenters. The number of nitrogens with one attached hydrogen (secondary N) is 4. The molecule has 3 amide bonds. The van der Waals surface area contributed by atoms with Gasteiger partial charge >= 0.3 is 0 Å².